The van der Waals surface area contributed by atoms with Crippen molar-refractivity contribution in [3.05, 3.63) is 90.1 Å². The zero-order valence-electron chi connectivity index (χ0n) is 19.0. The Balaban J connectivity index is 1.41. The van der Waals surface area contributed by atoms with Crippen molar-refractivity contribution in [3.8, 4) is 0 Å². The highest BCUT2D eigenvalue weighted by Gasteiger charge is 2.23. The number of aromatic nitrogens is 5. The first kappa shape index (κ1) is 21.2. The number of amides is 1. The second-order valence-electron chi connectivity index (χ2n) is 8.33. The molecule has 0 radical (unpaired) electrons. The average molecular weight is 466 g/mol. The van der Waals surface area contributed by atoms with Crippen molar-refractivity contribution in [1.29, 1.82) is 0 Å². The summed E-state index contributed by atoms with van der Waals surface area (Å²) in [4.78, 5) is 20.2. The number of hydrogen-bond acceptors (Lipinski definition) is 5. The first-order valence-electron chi connectivity index (χ1n) is 11.5. The third-order valence-electron chi connectivity index (χ3n) is 6.13. The van der Waals surface area contributed by atoms with Gasteiger partial charge in [0.15, 0.2) is 0 Å². The van der Waals surface area contributed by atoms with Crippen LogP contribution in [0.3, 0.4) is 0 Å². The summed E-state index contributed by atoms with van der Waals surface area (Å²) in [7, 11) is 0. The van der Waals surface area contributed by atoms with E-state index in [1.807, 2.05) is 64.2 Å². The Morgan fingerprint density at radius 3 is 2.54 bits per heavy atom. The SMILES string of the molecule is O=C(/N=C(/N1CCOCC1)n1nnc2ccccc21)c1cccc2c1cnn2Cc1ccccc1. The standard InChI is InChI=1S/C26H23N7O2/c34-25(20-9-6-12-23-21(20)17-27-32(23)18-19-7-2-1-3-8-19)28-26(31-13-15-35-16-14-31)33-24-11-5-4-10-22(24)29-30-33/h1-12,17H,13-16,18H2/b28-26-. The van der Waals surface area contributed by atoms with Crippen molar-refractivity contribution >= 4 is 33.8 Å². The van der Waals surface area contributed by atoms with Crippen LogP contribution in [0.25, 0.3) is 21.9 Å². The molecule has 0 bridgehead atoms. The van der Waals surface area contributed by atoms with E-state index in [1.54, 1.807) is 16.9 Å². The zero-order chi connectivity index (χ0) is 23.6. The smallest absolute Gasteiger partial charge is 0.281 e. The molecule has 1 fully saturated rings. The van der Waals surface area contributed by atoms with E-state index in [0.29, 0.717) is 44.4 Å². The normalized spacial score (nSPS) is 14.6. The summed E-state index contributed by atoms with van der Waals surface area (Å²) in [5, 5.41) is 13.9. The minimum absolute atomic E-state index is 0.351. The summed E-state index contributed by atoms with van der Waals surface area (Å²) >= 11 is 0. The molecule has 3 aromatic carbocycles. The second kappa shape index (κ2) is 9.11. The van der Waals surface area contributed by atoms with Gasteiger partial charge in [-0.05, 0) is 29.8 Å². The highest BCUT2D eigenvalue weighted by Crippen LogP contribution is 2.21. The van der Waals surface area contributed by atoms with Gasteiger partial charge in [0.2, 0.25) is 5.96 Å². The van der Waals surface area contributed by atoms with Gasteiger partial charge in [0.1, 0.15) is 5.52 Å². The molecule has 5 aromatic rings. The van der Waals surface area contributed by atoms with E-state index in [9.17, 15) is 4.79 Å². The molecule has 2 aromatic heterocycles. The monoisotopic (exact) mass is 465 g/mol. The zero-order valence-corrected chi connectivity index (χ0v) is 19.0. The molecule has 1 aliphatic heterocycles. The highest BCUT2D eigenvalue weighted by molar-refractivity contribution is 6.11. The van der Waals surface area contributed by atoms with E-state index in [4.69, 9.17) is 4.74 Å². The first-order valence-corrected chi connectivity index (χ1v) is 11.5. The largest absolute Gasteiger partial charge is 0.378 e. The van der Waals surface area contributed by atoms with Crippen LogP contribution in [0.4, 0.5) is 0 Å². The van der Waals surface area contributed by atoms with Gasteiger partial charge >= 0.3 is 0 Å². The molecule has 1 amide bonds. The number of rotatable bonds is 3. The molecule has 0 aliphatic carbocycles. The summed E-state index contributed by atoms with van der Waals surface area (Å²) in [6.07, 6.45) is 1.74. The van der Waals surface area contributed by atoms with Crippen molar-refractivity contribution in [2.75, 3.05) is 26.3 Å². The molecule has 0 N–H and O–H groups in total. The third kappa shape index (κ3) is 4.06. The molecule has 0 spiro atoms. The van der Waals surface area contributed by atoms with Crippen LogP contribution in [-0.2, 0) is 11.3 Å². The molecule has 0 unspecified atom stereocenters. The molecule has 9 nitrogen and oxygen atoms in total. The number of nitrogens with zero attached hydrogens (tertiary/aromatic N) is 7. The Morgan fingerprint density at radius 1 is 0.914 bits per heavy atom. The van der Waals surface area contributed by atoms with Crippen LogP contribution in [-0.4, -0.2) is 67.8 Å². The molecule has 0 atom stereocenters. The predicted molar refractivity (Wildman–Crippen MR) is 132 cm³/mol. The van der Waals surface area contributed by atoms with Gasteiger partial charge in [0, 0.05) is 18.5 Å². The van der Waals surface area contributed by atoms with Crippen LogP contribution >= 0.6 is 0 Å². The topological polar surface area (TPSA) is 90.4 Å². The number of aliphatic imine (C=N–C) groups is 1. The Labute approximate surface area is 201 Å². The van der Waals surface area contributed by atoms with Gasteiger partial charge in [0.05, 0.1) is 42.6 Å². The minimum atomic E-state index is -0.351. The Hall–Kier alpha value is -4.37. The maximum absolute atomic E-state index is 13.6. The van der Waals surface area contributed by atoms with Gasteiger partial charge in [-0.2, -0.15) is 14.8 Å². The van der Waals surface area contributed by atoms with Gasteiger partial charge in [-0.15, -0.1) is 5.10 Å². The number of morpholine rings is 1. The lowest BCUT2D eigenvalue weighted by molar-refractivity contribution is 0.0660. The number of para-hydroxylation sites is 1. The van der Waals surface area contributed by atoms with Crippen molar-refractivity contribution in [1.82, 2.24) is 29.7 Å². The van der Waals surface area contributed by atoms with Gasteiger partial charge in [-0.3, -0.25) is 9.48 Å². The number of carbonyl (C=O) groups is 1. The van der Waals surface area contributed by atoms with Crippen LogP contribution in [0.15, 0.2) is 84.0 Å². The molecule has 1 aliphatic rings. The van der Waals surface area contributed by atoms with Crippen molar-refractivity contribution in [2.45, 2.75) is 6.54 Å². The minimum Gasteiger partial charge on any atom is -0.378 e. The average Bonchev–Trinajstić information content (AvgIpc) is 3.53. The lowest BCUT2D eigenvalue weighted by atomic mass is 10.1. The van der Waals surface area contributed by atoms with Gasteiger partial charge < -0.3 is 9.64 Å². The quantitative estimate of drug-likeness (QED) is 0.300. The molecular formula is C26H23N7O2. The van der Waals surface area contributed by atoms with E-state index in [1.165, 1.54) is 0 Å². The van der Waals surface area contributed by atoms with Crippen LogP contribution in [0.5, 0.6) is 0 Å². The third-order valence-corrected chi connectivity index (χ3v) is 6.13. The van der Waals surface area contributed by atoms with Gasteiger partial charge in [-0.25, -0.2) is 0 Å². The van der Waals surface area contributed by atoms with Crippen molar-refractivity contribution in [3.63, 3.8) is 0 Å². The summed E-state index contributed by atoms with van der Waals surface area (Å²) in [5.41, 5.74) is 4.05. The van der Waals surface area contributed by atoms with E-state index >= 15 is 0 Å². The molecule has 0 saturated carbocycles. The number of benzene rings is 3. The maximum atomic E-state index is 13.6. The van der Waals surface area contributed by atoms with Crippen molar-refractivity contribution < 1.29 is 9.53 Å². The molecule has 3 heterocycles. The fraction of sp³-hybridized carbons (Fsp3) is 0.192. The number of carbonyl (C=O) groups excluding carboxylic acids is 1. The second-order valence-corrected chi connectivity index (χ2v) is 8.33. The molecule has 6 rings (SSSR count). The summed E-state index contributed by atoms with van der Waals surface area (Å²) in [6.45, 7) is 2.96. The number of hydrogen-bond donors (Lipinski definition) is 0. The molecule has 174 valence electrons. The molecule has 35 heavy (non-hydrogen) atoms. The fourth-order valence-electron chi connectivity index (χ4n) is 4.36. The maximum Gasteiger partial charge on any atom is 0.281 e. The summed E-state index contributed by atoms with van der Waals surface area (Å²) in [6, 6.07) is 23.4. The summed E-state index contributed by atoms with van der Waals surface area (Å²) in [5.74, 6) is 0.0941. The Kier molecular flexibility index (Phi) is 5.51. The molecule has 1 saturated heterocycles. The van der Waals surface area contributed by atoms with Gasteiger partial charge in [-0.1, -0.05) is 53.7 Å². The Bertz CT molecular complexity index is 1530. The van der Waals surface area contributed by atoms with E-state index in [0.717, 1.165) is 27.5 Å². The van der Waals surface area contributed by atoms with Crippen LogP contribution in [0, 0.1) is 0 Å². The molecule has 9 heteroatoms. The predicted octanol–water partition coefficient (Wildman–Crippen LogP) is 3.21. The van der Waals surface area contributed by atoms with E-state index in [-0.39, 0.29) is 5.91 Å². The van der Waals surface area contributed by atoms with Crippen LogP contribution in [0.1, 0.15) is 15.9 Å². The molecular weight excluding hydrogens is 442 g/mol. The highest BCUT2D eigenvalue weighted by atomic mass is 16.5. The summed E-state index contributed by atoms with van der Waals surface area (Å²) < 4.78 is 9.05. The van der Waals surface area contributed by atoms with Gasteiger partial charge in [0.25, 0.3) is 5.91 Å². The van der Waals surface area contributed by atoms with E-state index in [2.05, 4.69) is 32.5 Å². The number of fused-ring (bicyclic) bond motifs is 2. The Morgan fingerprint density at radius 2 is 1.69 bits per heavy atom. The lowest BCUT2D eigenvalue weighted by Crippen LogP contribution is -2.44. The van der Waals surface area contributed by atoms with Crippen LogP contribution in [0.2, 0.25) is 0 Å². The lowest BCUT2D eigenvalue weighted by Gasteiger charge is -2.29. The van der Waals surface area contributed by atoms with E-state index < -0.39 is 0 Å². The number of ether oxygens (including phenoxy) is 1. The first-order chi connectivity index (χ1) is 17.3. The van der Waals surface area contributed by atoms with Crippen LogP contribution < -0.4 is 0 Å². The van der Waals surface area contributed by atoms with Crippen molar-refractivity contribution in [2.24, 2.45) is 4.99 Å². The fourth-order valence-corrected chi connectivity index (χ4v) is 4.36.